The maximum Gasteiger partial charge on any atom is 0.305 e. The number of carbonyl (C=O) groups is 1. The second-order valence-electron chi connectivity index (χ2n) is 3.91. The number of hydrogen-bond donors (Lipinski definition) is 2. The summed E-state index contributed by atoms with van der Waals surface area (Å²) < 4.78 is 11.1. The SMILES string of the molecule is COc1ccc2nc(NNC(=O)c3ccco3)sc2c1. The molecule has 102 valence electrons. The van der Waals surface area contributed by atoms with Crippen LogP contribution in [0.1, 0.15) is 10.6 Å². The summed E-state index contributed by atoms with van der Waals surface area (Å²) in [5.41, 5.74) is 6.13. The first-order chi connectivity index (χ1) is 9.76. The summed E-state index contributed by atoms with van der Waals surface area (Å²) in [5, 5.41) is 0.591. The molecular weight excluding hydrogens is 278 g/mol. The molecule has 3 rings (SSSR count). The molecule has 0 saturated carbocycles. The van der Waals surface area contributed by atoms with Gasteiger partial charge in [-0.05, 0) is 30.3 Å². The maximum atomic E-state index is 11.7. The number of fused-ring (bicyclic) bond motifs is 1. The number of anilines is 1. The lowest BCUT2D eigenvalue weighted by atomic mass is 10.3. The molecule has 0 aliphatic heterocycles. The standard InChI is InChI=1S/C13H11N3O3S/c1-18-8-4-5-9-11(7-8)20-13(14-9)16-15-12(17)10-3-2-6-19-10/h2-7H,1H3,(H,14,16)(H,15,17). The summed E-state index contributed by atoms with van der Waals surface area (Å²) in [4.78, 5) is 16.0. The van der Waals surface area contributed by atoms with Crippen molar-refractivity contribution in [3.05, 3.63) is 42.4 Å². The molecule has 1 amide bonds. The van der Waals surface area contributed by atoms with Crippen molar-refractivity contribution in [1.82, 2.24) is 10.4 Å². The van der Waals surface area contributed by atoms with Crippen LogP contribution in [0.15, 0.2) is 41.0 Å². The molecule has 0 aliphatic rings. The van der Waals surface area contributed by atoms with E-state index >= 15 is 0 Å². The predicted octanol–water partition coefficient (Wildman–Crippen LogP) is 2.65. The van der Waals surface area contributed by atoms with Crippen LogP contribution < -0.4 is 15.6 Å². The Hall–Kier alpha value is -2.54. The Kier molecular flexibility index (Phi) is 3.26. The van der Waals surface area contributed by atoms with Gasteiger partial charge in [0.25, 0.3) is 0 Å². The molecule has 0 bridgehead atoms. The molecule has 7 heteroatoms. The van der Waals surface area contributed by atoms with Gasteiger partial charge in [-0.15, -0.1) is 0 Å². The molecule has 0 fully saturated rings. The summed E-state index contributed by atoms with van der Waals surface area (Å²) in [6.45, 7) is 0. The van der Waals surface area contributed by atoms with E-state index < -0.39 is 0 Å². The van der Waals surface area contributed by atoms with E-state index in [1.165, 1.54) is 17.6 Å². The van der Waals surface area contributed by atoms with Gasteiger partial charge in [0.15, 0.2) is 5.76 Å². The second kappa shape index (κ2) is 5.22. The number of hydrazine groups is 1. The lowest BCUT2D eigenvalue weighted by Crippen LogP contribution is -2.28. The Morgan fingerprint density at radius 2 is 2.30 bits per heavy atom. The average molecular weight is 289 g/mol. The van der Waals surface area contributed by atoms with Gasteiger partial charge in [0.05, 0.1) is 23.6 Å². The van der Waals surface area contributed by atoms with Gasteiger partial charge < -0.3 is 9.15 Å². The maximum absolute atomic E-state index is 11.7. The van der Waals surface area contributed by atoms with Crippen LogP contribution >= 0.6 is 11.3 Å². The minimum atomic E-state index is -0.355. The number of hydrogen-bond acceptors (Lipinski definition) is 6. The van der Waals surface area contributed by atoms with Crippen molar-refractivity contribution in [3.63, 3.8) is 0 Å². The van der Waals surface area contributed by atoms with Crippen LogP contribution in [-0.2, 0) is 0 Å². The zero-order valence-corrected chi connectivity index (χ0v) is 11.4. The van der Waals surface area contributed by atoms with E-state index in [0.717, 1.165) is 16.0 Å². The molecule has 2 N–H and O–H groups in total. The summed E-state index contributed by atoms with van der Waals surface area (Å²) in [5.74, 6) is 0.652. The van der Waals surface area contributed by atoms with Crippen molar-refractivity contribution in [1.29, 1.82) is 0 Å². The summed E-state index contributed by atoms with van der Waals surface area (Å²) in [7, 11) is 1.62. The van der Waals surface area contributed by atoms with Crippen molar-refractivity contribution < 1.29 is 13.9 Å². The Labute approximate surface area is 118 Å². The van der Waals surface area contributed by atoms with Crippen LogP contribution in [0.25, 0.3) is 10.2 Å². The molecule has 0 saturated heterocycles. The van der Waals surface area contributed by atoms with Crippen molar-refractivity contribution in [2.24, 2.45) is 0 Å². The van der Waals surface area contributed by atoms with Gasteiger partial charge in [-0.1, -0.05) is 11.3 Å². The molecule has 0 unspecified atom stereocenters. The van der Waals surface area contributed by atoms with Crippen LogP contribution in [0.3, 0.4) is 0 Å². The molecule has 1 aromatic carbocycles. The summed E-state index contributed by atoms with van der Waals surface area (Å²) >= 11 is 1.42. The highest BCUT2D eigenvalue weighted by Gasteiger charge is 2.09. The Bertz CT molecular complexity index is 736. The van der Waals surface area contributed by atoms with E-state index in [9.17, 15) is 4.79 Å². The molecule has 2 aromatic heterocycles. The van der Waals surface area contributed by atoms with Gasteiger partial charge >= 0.3 is 5.91 Å². The number of furan rings is 1. The lowest BCUT2D eigenvalue weighted by Gasteiger charge is -2.02. The van der Waals surface area contributed by atoms with Gasteiger partial charge in [-0.25, -0.2) is 4.98 Å². The van der Waals surface area contributed by atoms with E-state index in [2.05, 4.69) is 15.8 Å². The van der Waals surface area contributed by atoms with E-state index in [0.29, 0.717) is 5.13 Å². The van der Waals surface area contributed by atoms with E-state index in [1.807, 2.05) is 18.2 Å². The molecule has 6 nitrogen and oxygen atoms in total. The Morgan fingerprint density at radius 1 is 1.40 bits per heavy atom. The number of benzene rings is 1. The number of nitrogens with one attached hydrogen (secondary N) is 2. The minimum Gasteiger partial charge on any atom is -0.497 e. The average Bonchev–Trinajstić information content (AvgIpc) is 3.12. The van der Waals surface area contributed by atoms with Crippen LogP contribution in [-0.4, -0.2) is 18.0 Å². The van der Waals surface area contributed by atoms with E-state index in [4.69, 9.17) is 9.15 Å². The van der Waals surface area contributed by atoms with Gasteiger partial charge in [0.1, 0.15) is 5.75 Å². The van der Waals surface area contributed by atoms with Crippen LogP contribution in [0.5, 0.6) is 5.75 Å². The molecular formula is C13H11N3O3S. The van der Waals surface area contributed by atoms with E-state index in [-0.39, 0.29) is 11.7 Å². The quantitative estimate of drug-likeness (QED) is 0.722. The monoisotopic (exact) mass is 289 g/mol. The highest BCUT2D eigenvalue weighted by Crippen LogP contribution is 2.28. The third-order valence-electron chi connectivity index (χ3n) is 2.62. The predicted molar refractivity (Wildman–Crippen MR) is 76.0 cm³/mol. The summed E-state index contributed by atoms with van der Waals surface area (Å²) in [6.07, 6.45) is 1.44. The highest BCUT2D eigenvalue weighted by atomic mass is 32.1. The van der Waals surface area contributed by atoms with Gasteiger partial charge in [-0.2, -0.15) is 0 Å². The Morgan fingerprint density at radius 3 is 3.05 bits per heavy atom. The second-order valence-corrected chi connectivity index (χ2v) is 4.94. The lowest BCUT2D eigenvalue weighted by molar-refractivity contribution is 0.0935. The molecule has 3 aromatic rings. The number of ether oxygens (including phenoxy) is 1. The third-order valence-corrected chi connectivity index (χ3v) is 3.56. The van der Waals surface area contributed by atoms with Crippen LogP contribution in [0.2, 0.25) is 0 Å². The van der Waals surface area contributed by atoms with Crippen molar-refractivity contribution >= 4 is 32.6 Å². The number of carbonyl (C=O) groups excluding carboxylic acids is 1. The van der Waals surface area contributed by atoms with E-state index in [1.54, 1.807) is 19.2 Å². The molecule has 20 heavy (non-hydrogen) atoms. The van der Waals surface area contributed by atoms with Crippen molar-refractivity contribution in [3.8, 4) is 5.75 Å². The van der Waals surface area contributed by atoms with Crippen molar-refractivity contribution in [2.75, 3.05) is 12.5 Å². The fourth-order valence-electron chi connectivity index (χ4n) is 1.66. The number of nitrogens with zero attached hydrogens (tertiary/aromatic N) is 1. The first-order valence-electron chi connectivity index (χ1n) is 5.81. The van der Waals surface area contributed by atoms with Gasteiger partial charge in [-0.3, -0.25) is 15.6 Å². The topological polar surface area (TPSA) is 76.4 Å². The molecule has 0 aliphatic carbocycles. The molecule has 0 atom stereocenters. The highest BCUT2D eigenvalue weighted by molar-refractivity contribution is 7.22. The molecule has 0 spiro atoms. The number of methoxy groups -OCH3 is 1. The van der Waals surface area contributed by atoms with Crippen LogP contribution in [0.4, 0.5) is 5.13 Å². The van der Waals surface area contributed by atoms with Gasteiger partial charge in [0.2, 0.25) is 5.13 Å². The minimum absolute atomic E-state index is 0.236. The normalized spacial score (nSPS) is 10.4. The Balaban J connectivity index is 1.73. The number of aromatic nitrogens is 1. The number of thiazole rings is 1. The van der Waals surface area contributed by atoms with Gasteiger partial charge in [0, 0.05) is 0 Å². The first-order valence-corrected chi connectivity index (χ1v) is 6.62. The van der Waals surface area contributed by atoms with Crippen molar-refractivity contribution in [2.45, 2.75) is 0 Å². The molecule has 0 radical (unpaired) electrons. The number of rotatable bonds is 4. The zero-order valence-electron chi connectivity index (χ0n) is 10.5. The smallest absolute Gasteiger partial charge is 0.305 e. The zero-order chi connectivity index (χ0) is 13.9. The number of amides is 1. The third kappa shape index (κ3) is 2.43. The summed E-state index contributed by atoms with van der Waals surface area (Å²) in [6, 6.07) is 8.84. The fraction of sp³-hybridized carbons (Fsp3) is 0.0769. The molecule has 2 heterocycles. The first kappa shape index (κ1) is 12.5. The fourth-order valence-corrected chi connectivity index (χ4v) is 2.51. The van der Waals surface area contributed by atoms with Crippen LogP contribution in [0, 0.1) is 0 Å². The largest absolute Gasteiger partial charge is 0.497 e.